The Bertz CT molecular complexity index is 226. The third-order valence-corrected chi connectivity index (χ3v) is 1.30. The zero-order valence-electron chi connectivity index (χ0n) is 6.41. The van der Waals surface area contributed by atoms with Gasteiger partial charge in [-0.05, 0) is 17.7 Å². The summed E-state index contributed by atoms with van der Waals surface area (Å²) in [5.41, 5.74) is 1.06. The van der Waals surface area contributed by atoms with E-state index < -0.39 is 0 Å². The Hall–Kier alpha value is -1.28. The van der Waals surface area contributed by atoms with Crippen molar-refractivity contribution in [1.29, 1.82) is 0 Å². The van der Waals surface area contributed by atoms with Crippen molar-refractivity contribution in [3.05, 3.63) is 36.4 Å². The first-order valence-electron chi connectivity index (χ1n) is 3.30. The Labute approximate surface area is 66.0 Å². The highest BCUT2D eigenvalue weighted by molar-refractivity contribution is 5.48. The summed E-state index contributed by atoms with van der Waals surface area (Å²) in [5.74, 6) is 0.693. The molecule has 0 N–H and O–H groups in total. The minimum Gasteiger partial charge on any atom is -0.338 e. The van der Waals surface area contributed by atoms with Crippen LogP contribution in [0.4, 0.5) is 0 Å². The van der Waals surface area contributed by atoms with Gasteiger partial charge in [-0.1, -0.05) is 24.8 Å². The Kier molecular flexibility index (Phi) is 2.69. The minimum atomic E-state index is 0.693. The summed E-state index contributed by atoms with van der Waals surface area (Å²) in [6, 6.07) is 7.45. The second-order valence-electron chi connectivity index (χ2n) is 2.02. The summed E-state index contributed by atoms with van der Waals surface area (Å²) in [5, 5.41) is 0. The lowest BCUT2D eigenvalue weighted by Crippen LogP contribution is -1.89. The van der Waals surface area contributed by atoms with Crippen molar-refractivity contribution in [2.24, 2.45) is 0 Å². The van der Waals surface area contributed by atoms with Crippen molar-refractivity contribution in [2.75, 3.05) is 7.11 Å². The standard InChI is InChI=1S/C9H10O2/c1-3-8-4-6-9(7-5-8)11-10-2/h3-7H,1H2,2H3. The SMILES string of the molecule is C=Cc1ccc(OOC)cc1. The quantitative estimate of drug-likeness (QED) is 0.486. The number of hydrogen-bond acceptors (Lipinski definition) is 2. The lowest BCUT2D eigenvalue weighted by atomic mass is 10.2. The van der Waals surface area contributed by atoms with Gasteiger partial charge in [-0.15, -0.1) is 0 Å². The summed E-state index contributed by atoms with van der Waals surface area (Å²) in [7, 11) is 1.47. The monoisotopic (exact) mass is 150 g/mol. The van der Waals surface area contributed by atoms with Crippen molar-refractivity contribution in [3.63, 3.8) is 0 Å². The highest BCUT2D eigenvalue weighted by Gasteiger charge is 1.90. The molecule has 0 aliphatic rings. The number of rotatable bonds is 3. The molecule has 0 spiro atoms. The van der Waals surface area contributed by atoms with E-state index in [1.54, 1.807) is 6.08 Å². The average Bonchev–Trinajstić information content (AvgIpc) is 2.07. The van der Waals surface area contributed by atoms with Crippen LogP contribution in [0.3, 0.4) is 0 Å². The molecule has 0 atom stereocenters. The molecule has 0 aliphatic heterocycles. The molecule has 0 bridgehead atoms. The molecule has 1 aromatic carbocycles. The van der Waals surface area contributed by atoms with E-state index in [0.717, 1.165) is 5.56 Å². The van der Waals surface area contributed by atoms with Crippen LogP contribution in [0.15, 0.2) is 30.8 Å². The number of benzene rings is 1. The maximum Gasteiger partial charge on any atom is 0.165 e. The molecule has 1 rings (SSSR count). The van der Waals surface area contributed by atoms with Gasteiger partial charge in [0.2, 0.25) is 0 Å². The first-order chi connectivity index (χ1) is 5.36. The summed E-state index contributed by atoms with van der Waals surface area (Å²) in [6.45, 7) is 3.63. The summed E-state index contributed by atoms with van der Waals surface area (Å²) >= 11 is 0. The van der Waals surface area contributed by atoms with Crippen molar-refractivity contribution >= 4 is 6.08 Å². The van der Waals surface area contributed by atoms with Crippen LogP contribution in [0.2, 0.25) is 0 Å². The summed E-state index contributed by atoms with van der Waals surface area (Å²) < 4.78 is 0. The summed E-state index contributed by atoms with van der Waals surface area (Å²) in [6.07, 6.45) is 1.77. The molecule has 0 radical (unpaired) electrons. The smallest absolute Gasteiger partial charge is 0.165 e. The Balaban J connectivity index is 2.74. The van der Waals surface area contributed by atoms with E-state index >= 15 is 0 Å². The van der Waals surface area contributed by atoms with Crippen LogP contribution < -0.4 is 4.89 Å². The normalized spacial score (nSPS) is 9.18. The highest BCUT2D eigenvalue weighted by Crippen LogP contribution is 2.12. The van der Waals surface area contributed by atoms with Gasteiger partial charge in [0, 0.05) is 0 Å². The van der Waals surface area contributed by atoms with Crippen LogP contribution in [0.25, 0.3) is 6.08 Å². The van der Waals surface area contributed by atoms with Gasteiger partial charge in [0.1, 0.15) is 0 Å². The van der Waals surface area contributed by atoms with E-state index in [1.807, 2.05) is 24.3 Å². The maximum absolute atomic E-state index is 4.77. The molecule has 0 aromatic heterocycles. The molecule has 2 heteroatoms. The molecule has 0 saturated carbocycles. The molecule has 11 heavy (non-hydrogen) atoms. The minimum absolute atomic E-state index is 0.693. The van der Waals surface area contributed by atoms with Gasteiger partial charge >= 0.3 is 0 Å². The molecule has 0 amide bonds. The topological polar surface area (TPSA) is 18.5 Å². The zero-order valence-corrected chi connectivity index (χ0v) is 6.41. The first kappa shape index (κ1) is 7.82. The molecule has 0 unspecified atom stereocenters. The largest absolute Gasteiger partial charge is 0.338 e. The van der Waals surface area contributed by atoms with Crippen LogP contribution in [-0.4, -0.2) is 7.11 Å². The molecule has 0 saturated heterocycles. The molecule has 0 heterocycles. The predicted molar refractivity (Wildman–Crippen MR) is 44.2 cm³/mol. The fraction of sp³-hybridized carbons (Fsp3) is 0.111. The van der Waals surface area contributed by atoms with E-state index in [2.05, 4.69) is 11.5 Å². The second-order valence-corrected chi connectivity index (χ2v) is 2.02. The van der Waals surface area contributed by atoms with Crippen molar-refractivity contribution < 1.29 is 9.78 Å². The fourth-order valence-electron chi connectivity index (χ4n) is 0.756. The second kappa shape index (κ2) is 3.78. The third kappa shape index (κ3) is 2.09. The molecule has 0 fully saturated rings. The summed E-state index contributed by atoms with van der Waals surface area (Å²) in [4.78, 5) is 9.25. The van der Waals surface area contributed by atoms with E-state index in [4.69, 9.17) is 4.89 Å². The van der Waals surface area contributed by atoms with Crippen LogP contribution in [-0.2, 0) is 4.89 Å². The average molecular weight is 150 g/mol. The van der Waals surface area contributed by atoms with Crippen molar-refractivity contribution in [3.8, 4) is 5.75 Å². The van der Waals surface area contributed by atoms with Gasteiger partial charge < -0.3 is 4.89 Å². The fourth-order valence-corrected chi connectivity index (χ4v) is 0.756. The molecule has 0 aliphatic carbocycles. The molecular weight excluding hydrogens is 140 g/mol. The first-order valence-corrected chi connectivity index (χ1v) is 3.30. The molecule has 1 aromatic rings. The van der Waals surface area contributed by atoms with Crippen molar-refractivity contribution in [2.45, 2.75) is 0 Å². The van der Waals surface area contributed by atoms with Gasteiger partial charge in [-0.25, -0.2) is 0 Å². The van der Waals surface area contributed by atoms with Crippen LogP contribution in [0.5, 0.6) is 5.75 Å². The van der Waals surface area contributed by atoms with Crippen molar-refractivity contribution in [1.82, 2.24) is 0 Å². The van der Waals surface area contributed by atoms with E-state index in [1.165, 1.54) is 7.11 Å². The van der Waals surface area contributed by atoms with Gasteiger partial charge in [0.25, 0.3) is 0 Å². The molecule has 58 valence electrons. The lowest BCUT2D eigenvalue weighted by molar-refractivity contribution is -0.178. The Morgan fingerprint density at radius 1 is 1.27 bits per heavy atom. The van der Waals surface area contributed by atoms with Crippen LogP contribution >= 0.6 is 0 Å². The van der Waals surface area contributed by atoms with E-state index in [9.17, 15) is 0 Å². The van der Waals surface area contributed by atoms with E-state index in [0.29, 0.717) is 5.75 Å². The highest BCUT2D eigenvalue weighted by atomic mass is 17.2. The third-order valence-electron chi connectivity index (χ3n) is 1.30. The lowest BCUT2D eigenvalue weighted by Gasteiger charge is -1.99. The van der Waals surface area contributed by atoms with Gasteiger partial charge in [0.15, 0.2) is 5.75 Å². The zero-order chi connectivity index (χ0) is 8.10. The molecular formula is C9H10O2. The van der Waals surface area contributed by atoms with Crippen LogP contribution in [0, 0.1) is 0 Å². The Morgan fingerprint density at radius 2 is 1.91 bits per heavy atom. The maximum atomic E-state index is 4.77. The predicted octanol–water partition coefficient (Wildman–Crippen LogP) is 2.27. The van der Waals surface area contributed by atoms with Gasteiger partial charge in [0.05, 0.1) is 7.11 Å². The van der Waals surface area contributed by atoms with Gasteiger partial charge in [-0.2, -0.15) is 4.89 Å². The van der Waals surface area contributed by atoms with E-state index in [-0.39, 0.29) is 0 Å². The Morgan fingerprint density at radius 3 is 2.36 bits per heavy atom. The number of hydrogen-bond donors (Lipinski definition) is 0. The van der Waals surface area contributed by atoms with Gasteiger partial charge in [-0.3, -0.25) is 0 Å². The van der Waals surface area contributed by atoms with Crippen LogP contribution in [0.1, 0.15) is 5.56 Å². The molecule has 2 nitrogen and oxygen atoms in total.